The Labute approximate surface area is 105 Å². The van der Waals surface area contributed by atoms with Crippen LogP contribution in [0, 0.1) is 0 Å². The zero-order valence-electron chi connectivity index (χ0n) is 10.8. The molecule has 0 saturated heterocycles. The number of aromatic nitrogens is 3. The van der Waals surface area contributed by atoms with Crippen molar-refractivity contribution in [2.45, 2.75) is 45.7 Å². The Morgan fingerprint density at radius 2 is 2.06 bits per heavy atom. The molecule has 100 valence electrons. The van der Waals surface area contributed by atoms with Crippen LogP contribution in [0.2, 0.25) is 0 Å². The predicted octanol–water partition coefficient (Wildman–Crippen LogP) is 0.901. The molecule has 0 aliphatic carbocycles. The molecule has 0 aromatic carbocycles. The van der Waals surface area contributed by atoms with Crippen LogP contribution in [0.1, 0.15) is 51.5 Å². The van der Waals surface area contributed by atoms with E-state index in [0.29, 0.717) is 5.82 Å². The van der Waals surface area contributed by atoms with Gasteiger partial charge in [0.25, 0.3) is 0 Å². The molecular weight excluding hydrogens is 236 g/mol. The van der Waals surface area contributed by atoms with Gasteiger partial charge in [0.15, 0.2) is 5.82 Å². The average Bonchev–Trinajstić information content (AvgIpc) is 2.75. The van der Waals surface area contributed by atoms with Gasteiger partial charge >= 0.3 is 5.97 Å². The second-order valence-corrected chi connectivity index (χ2v) is 4.37. The Hall–Kier alpha value is -1.92. The average molecular weight is 254 g/mol. The Bertz CT molecular complexity index is 428. The zero-order valence-corrected chi connectivity index (χ0v) is 10.8. The lowest BCUT2D eigenvalue weighted by Gasteiger charge is -2.16. The van der Waals surface area contributed by atoms with E-state index < -0.39 is 5.97 Å². The van der Waals surface area contributed by atoms with E-state index in [4.69, 9.17) is 5.11 Å². The lowest BCUT2D eigenvalue weighted by atomic mass is 10.2. The van der Waals surface area contributed by atoms with Crippen LogP contribution in [-0.4, -0.2) is 31.7 Å². The first-order valence-corrected chi connectivity index (χ1v) is 5.82. The SMILES string of the molecule is CC(NC(=O)CCC(=O)O)c1nncn1C(C)C. The van der Waals surface area contributed by atoms with E-state index >= 15 is 0 Å². The van der Waals surface area contributed by atoms with Crippen molar-refractivity contribution in [1.82, 2.24) is 20.1 Å². The Morgan fingerprint density at radius 1 is 1.39 bits per heavy atom. The third kappa shape index (κ3) is 3.83. The third-order valence-electron chi connectivity index (χ3n) is 2.49. The van der Waals surface area contributed by atoms with Gasteiger partial charge in [0.05, 0.1) is 12.5 Å². The number of amides is 1. The number of carboxylic acid groups (broad SMARTS) is 1. The second kappa shape index (κ2) is 6.13. The zero-order chi connectivity index (χ0) is 13.7. The topological polar surface area (TPSA) is 97.1 Å². The fraction of sp³-hybridized carbons (Fsp3) is 0.636. The Kier molecular flexibility index (Phi) is 4.82. The summed E-state index contributed by atoms with van der Waals surface area (Å²) < 4.78 is 1.86. The Morgan fingerprint density at radius 3 is 2.61 bits per heavy atom. The minimum absolute atomic E-state index is 0.0323. The minimum Gasteiger partial charge on any atom is -0.481 e. The van der Waals surface area contributed by atoms with Crippen LogP contribution in [-0.2, 0) is 9.59 Å². The maximum atomic E-state index is 11.5. The summed E-state index contributed by atoms with van der Waals surface area (Å²) >= 11 is 0. The van der Waals surface area contributed by atoms with E-state index in [1.54, 1.807) is 13.3 Å². The van der Waals surface area contributed by atoms with Gasteiger partial charge in [0, 0.05) is 12.5 Å². The molecule has 0 saturated carbocycles. The lowest BCUT2D eigenvalue weighted by molar-refractivity contribution is -0.138. The number of nitrogens with zero attached hydrogens (tertiary/aromatic N) is 3. The van der Waals surface area contributed by atoms with Gasteiger partial charge in [-0.25, -0.2) is 0 Å². The molecule has 0 aliphatic rings. The molecule has 0 fully saturated rings. The number of aliphatic carboxylic acids is 1. The molecule has 18 heavy (non-hydrogen) atoms. The maximum Gasteiger partial charge on any atom is 0.303 e. The molecule has 0 spiro atoms. The quantitative estimate of drug-likeness (QED) is 0.786. The van der Waals surface area contributed by atoms with Gasteiger partial charge in [-0.1, -0.05) is 0 Å². The highest BCUT2D eigenvalue weighted by atomic mass is 16.4. The smallest absolute Gasteiger partial charge is 0.303 e. The molecule has 7 nitrogen and oxygen atoms in total. The number of carboxylic acids is 1. The molecule has 1 unspecified atom stereocenters. The molecule has 1 atom stereocenters. The van der Waals surface area contributed by atoms with Crippen LogP contribution in [0.4, 0.5) is 0 Å². The van der Waals surface area contributed by atoms with Crippen molar-refractivity contribution < 1.29 is 14.7 Å². The van der Waals surface area contributed by atoms with E-state index in [-0.39, 0.29) is 30.8 Å². The van der Waals surface area contributed by atoms with Gasteiger partial charge in [-0.3, -0.25) is 9.59 Å². The fourth-order valence-corrected chi connectivity index (χ4v) is 1.56. The van der Waals surface area contributed by atoms with Gasteiger partial charge in [0.1, 0.15) is 6.33 Å². The maximum absolute atomic E-state index is 11.5. The first kappa shape index (κ1) is 14.1. The molecular formula is C11H18N4O3. The van der Waals surface area contributed by atoms with Crippen LogP contribution in [0.3, 0.4) is 0 Å². The van der Waals surface area contributed by atoms with Crippen LogP contribution < -0.4 is 5.32 Å². The number of hydrogen-bond acceptors (Lipinski definition) is 4. The molecule has 1 aromatic rings. The van der Waals surface area contributed by atoms with Crippen LogP contribution in [0.15, 0.2) is 6.33 Å². The predicted molar refractivity (Wildman–Crippen MR) is 63.8 cm³/mol. The molecule has 0 bridgehead atoms. The van der Waals surface area contributed by atoms with E-state index in [0.717, 1.165) is 0 Å². The summed E-state index contributed by atoms with van der Waals surface area (Å²) in [5.41, 5.74) is 0. The molecule has 7 heteroatoms. The van der Waals surface area contributed by atoms with Gasteiger partial charge < -0.3 is 15.0 Å². The van der Waals surface area contributed by atoms with Gasteiger partial charge in [-0.15, -0.1) is 10.2 Å². The summed E-state index contributed by atoms with van der Waals surface area (Å²) in [6.07, 6.45) is 1.41. The van der Waals surface area contributed by atoms with Crippen molar-refractivity contribution in [3.05, 3.63) is 12.2 Å². The van der Waals surface area contributed by atoms with Crippen LogP contribution >= 0.6 is 0 Å². The summed E-state index contributed by atoms with van der Waals surface area (Å²) in [6, 6.07) is -0.0930. The van der Waals surface area contributed by atoms with E-state index in [1.807, 2.05) is 18.4 Å². The highest BCUT2D eigenvalue weighted by Gasteiger charge is 2.17. The highest BCUT2D eigenvalue weighted by molar-refractivity contribution is 5.80. The van der Waals surface area contributed by atoms with Crippen molar-refractivity contribution >= 4 is 11.9 Å². The monoisotopic (exact) mass is 254 g/mol. The molecule has 2 N–H and O–H groups in total. The lowest BCUT2D eigenvalue weighted by Crippen LogP contribution is -2.29. The summed E-state index contributed by atoms with van der Waals surface area (Å²) in [6.45, 7) is 5.78. The number of hydrogen-bond donors (Lipinski definition) is 2. The summed E-state index contributed by atoms with van der Waals surface area (Å²) in [4.78, 5) is 21.9. The van der Waals surface area contributed by atoms with Crippen molar-refractivity contribution in [3.63, 3.8) is 0 Å². The van der Waals surface area contributed by atoms with E-state index in [1.165, 1.54) is 0 Å². The van der Waals surface area contributed by atoms with Gasteiger partial charge in [0.2, 0.25) is 5.91 Å². The van der Waals surface area contributed by atoms with Crippen LogP contribution in [0.25, 0.3) is 0 Å². The number of rotatable bonds is 6. The van der Waals surface area contributed by atoms with Crippen LogP contribution in [0.5, 0.6) is 0 Å². The molecule has 0 radical (unpaired) electrons. The Balaban J connectivity index is 2.59. The largest absolute Gasteiger partial charge is 0.481 e. The minimum atomic E-state index is -0.983. The van der Waals surface area contributed by atoms with Crippen molar-refractivity contribution in [2.75, 3.05) is 0 Å². The van der Waals surface area contributed by atoms with Gasteiger partial charge in [-0.05, 0) is 20.8 Å². The van der Waals surface area contributed by atoms with Crippen molar-refractivity contribution in [2.24, 2.45) is 0 Å². The van der Waals surface area contributed by atoms with Gasteiger partial charge in [-0.2, -0.15) is 0 Å². The van der Waals surface area contributed by atoms with E-state index in [2.05, 4.69) is 15.5 Å². The van der Waals surface area contributed by atoms with Crippen molar-refractivity contribution in [3.8, 4) is 0 Å². The first-order chi connectivity index (χ1) is 8.41. The fourth-order valence-electron chi connectivity index (χ4n) is 1.56. The number of carbonyl (C=O) groups excluding carboxylic acids is 1. The molecule has 1 aromatic heterocycles. The summed E-state index contributed by atoms with van der Waals surface area (Å²) in [7, 11) is 0. The number of carbonyl (C=O) groups is 2. The normalized spacial score (nSPS) is 12.4. The third-order valence-corrected chi connectivity index (χ3v) is 2.49. The molecule has 1 rings (SSSR count). The summed E-state index contributed by atoms with van der Waals surface area (Å²) in [5.74, 6) is -0.625. The molecule has 0 aliphatic heterocycles. The summed E-state index contributed by atoms with van der Waals surface area (Å²) in [5, 5.41) is 19.0. The second-order valence-electron chi connectivity index (χ2n) is 4.37. The standard InChI is InChI=1S/C11H18N4O3/c1-7(2)15-6-12-14-11(15)8(3)13-9(16)4-5-10(17)18/h6-8H,4-5H2,1-3H3,(H,13,16)(H,17,18). The molecule has 1 heterocycles. The highest BCUT2D eigenvalue weighted by Crippen LogP contribution is 2.14. The van der Waals surface area contributed by atoms with Crippen molar-refractivity contribution in [1.29, 1.82) is 0 Å². The number of nitrogens with one attached hydrogen (secondary N) is 1. The first-order valence-electron chi connectivity index (χ1n) is 5.82. The van der Waals surface area contributed by atoms with E-state index in [9.17, 15) is 9.59 Å². The molecule has 1 amide bonds.